The minimum absolute atomic E-state index is 0.207. The second-order valence-corrected chi connectivity index (χ2v) is 5.23. The molecule has 0 bridgehead atoms. The second-order valence-electron chi connectivity index (χ2n) is 2.18. The maximum Gasteiger partial charge on any atom is 0.237 e. The molecule has 0 radical (unpaired) electrons. The second kappa shape index (κ2) is 4.78. The van der Waals surface area contributed by atoms with Gasteiger partial charge in [-0.2, -0.15) is 0 Å². The molecule has 0 saturated heterocycles. The minimum Gasteiger partial charge on any atom is -0.358 e. The van der Waals surface area contributed by atoms with Crippen LogP contribution in [0.4, 0.5) is 0 Å². The molecule has 2 N–H and O–H groups in total. The predicted molar refractivity (Wildman–Crippen MR) is 49.4 cm³/mol. The molecule has 0 rings (SSSR count). The smallest absolute Gasteiger partial charge is 0.237 e. The van der Waals surface area contributed by atoms with Gasteiger partial charge in [0.1, 0.15) is 4.66 Å². The molecule has 1 unspecified atom stereocenters. The van der Waals surface area contributed by atoms with Crippen LogP contribution in [0.25, 0.3) is 0 Å². The molecule has 0 saturated carbocycles. The van der Waals surface area contributed by atoms with E-state index in [-0.39, 0.29) is 10.6 Å². The van der Waals surface area contributed by atoms with Crippen molar-refractivity contribution in [3.8, 4) is 0 Å². The van der Waals surface area contributed by atoms with Gasteiger partial charge in [0, 0.05) is 7.05 Å². The molecule has 0 aliphatic carbocycles. The Morgan fingerprint density at radius 1 is 1.58 bits per heavy atom. The van der Waals surface area contributed by atoms with Crippen molar-refractivity contribution in [1.29, 1.82) is 0 Å². The lowest BCUT2D eigenvalue weighted by atomic mass is 10.3. The van der Waals surface area contributed by atoms with Crippen LogP contribution in [0.5, 0.6) is 0 Å². The van der Waals surface area contributed by atoms with Crippen LogP contribution in [0.15, 0.2) is 0 Å². The first-order valence-corrected chi connectivity index (χ1v) is 5.98. The van der Waals surface area contributed by atoms with E-state index < -0.39 is 16.1 Å². The van der Waals surface area contributed by atoms with Crippen LogP contribution in [0, 0.1) is 0 Å². The number of rotatable bonds is 4. The van der Waals surface area contributed by atoms with Gasteiger partial charge in [0.15, 0.2) is 0 Å². The number of likely N-dealkylation sites (N-methyl/N-ethyl adjacent to an activating group) is 1. The van der Waals surface area contributed by atoms with E-state index in [2.05, 4.69) is 26.0 Å². The molecular formula is C5H11BrN2O3S. The minimum atomic E-state index is -3.37. The zero-order valence-electron chi connectivity index (χ0n) is 6.80. The van der Waals surface area contributed by atoms with Gasteiger partial charge < -0.3 is 5.32 Å². The van der Waals surface area contributed by atoms with E-state index in [1.165, 1.54) is 14.0 Å². The molecular weight excluding hydrogens is 248 g/mol. The van der Waals surface area contributed by atoms with E-state index in [1.807, 2.05) is 0 Å². The van der Waals surface area contributed by atoms with Crippen molar-refractivity contribution in [2.24, 2.45) is 0 Å². The third-order valence-corrected chi connectivity index (χ3v) is 3.95. The van der Waals surface area contributed by atoms with Crippen molar-refractivity contribution in [2.75, 3.05) is 11.7 Å². The molecule has 0 aliphatic rings. The summed E-state index contributed by atoms with van der Waals surface area (Å²) in [6, 6.07) is -0.738. The van der Waals surface area contributed by atoms with Gasteiger partial charge in [0.25, 0.3) is 0 Å². The maximum atomic E-state index is 10.9. The van der Waals surface area contributed by atoms with Gasteiger partial charge >= 0.3 is 0 Å². The summed E-state index contributed by atoms with van der Waals surface area (Å²) in [4.78, 5) is 10.9. The summed E-state index contributed by atoms with van der Waals surface area (Å²) in [6.45, 7) is 1.47. The summed E-state index contributed by atoms with van der Waals surface area (Å²) >= 11 is 2.79. The Kier molecular flexibility index (Phi) is 4.73. The van der Waals surface area contributed by atoms with Gasteiger partial charge in [-0.25, -0.2) is 13.1 Å². The SMILES string of the molecule is CNC(=O)C(C)NS(=O)(=O)CBr. The third-order valence-electron chi connectivity index (χ3n) is 1.14. The molecule has 5 nitrogen and oxygen atoms in total. The molecule has 7 heteroatoms. The fourth-order valence-corrected chi connectivity index (χ4v) is 1.68. The Hall–Kier alpha value is -0.140. The molecule has 72 valence electrons. The van der Waals surface area contributed by atoms with E-state index in [9.17, 15) is 13.2 Å². The van der Waals surface area contributed by atoms with Crippen molar-refractivity contribution >= 4 is 31.9 Å². The van der Waals surface area contributed by atoms with Gasteiger partial charge in [0.05, 0.1) is 6.04 Å². The molecule has 1 amide bonds. The van der Waals surface area contributed by atoms with Crippen LogP contribution >= 0.6 is 15.9 Å². The summed E-state index contributed by atoms with van der Waals surface area (Å²) in [5.41, 5.74) is 0. The van der Waals surface area contributed by atoms with Gasteiger partial charge in [-0.15, -0.1) is 0 Å². The van der Waals surface area contributed by atoms with Gasteiger partial charge in [-0.05, 0) is 6.92 Å². The fraction of sp³-hybridized carbons (Fsp3) is 0.800. The first-order chi connectivity index (χ1) is 5.43. The quantitative estimate of drug-likeness (QED) is 0.661. The van der Waals surface area contributed by atoms with E-state index >= 15 is 0 Å². The molecule has 0 aliphatic heterocycles. The highest BCUT2D eigenvalue weighted by Crippen LogP contribution is 1.93. The first-order valence-electron chi connectivity index (χ1n) is 3.20. The van der Waals surface area contributed by atoms with Crippen molar-refractivity contribution in [1.82, 2.24) is 10.0 Å². The van der Waals surface area contributed by atoms with Crippen LogP contribution in [-0.2, 0) is 14.8 Å². The standard InChI is InChI=1S/C5H11BrN2O3S/c1-4(5(9)7-2)8-12(10,11)3-6/h4,8H,3H2,1-2H3,(H,7,9). The number of carbonyl (C=O) groups is 1. The molecule has 12 heavy (non-hydrogen) atoms. The normalized spacial score (nSPS) is 13.9. The number of carbonyl (C=O) groups excluding carboxylic acids is 1. The maximum absolute atomic E-state index is 10.9. The highest BCUT2D eigenvalue weighted by atomic mass is 79.9. The largest absolute Gasteiger partial charge is 0.358 e. The zero-order valence-corrected chi connectivity index (χ0v) is 9.20. The fourth-order valence-electron chi connectivity index (χ4n) is 0.571. The first kappa shape index (κ1) is 11.9. The Bertz CT molecular complexity index is 251. The number of alkyl halides is 1. The van der Waals surface area contributed by atoms with Crippen molar-refractivity contribution in [3.63, 3.8) is 0 Å². The van der Waals surface area contributed by atoms with Crippen molar-refractivity contribution < 1.29 is 13.2 Å². The Morgan fingerprint density at radius 3 is 2.42 bits per heavy atom. The van der Waals surface area contributed by atoms with Crippen LogP contribution < -0.4 is 10.0 Å². The summed E-state index contributed by atoms with van der Waals surface area (Å²) in [5.74, 6) is -0.362. The number of amides is 1. The highest BCUT2D eigenvalue weighted by molar-refractivity contribution is 9.10. The van der Waals surface area contributed by atoms with E-state index in [1.54, 1.807) is 0 Å². The summed E-state index contributed by atoms with van der Waals surface area (Å²) in [7, 11) is -1.92. The molecule has 0 aromatic heterocycles. The lowest BCUT2D eigenvalue weighted by molar-refractivity contribution is -0.121. The van der Waals surface area contributed by atoms with Crippen molar-refractivity contribution in [3.05, 3.63) is 0 Å². The van der Waals surface area contributed by atoms with Crippen LogP contribution in [0.3, 0.4) is 0 Å². The van der Waals surface area contributed by atoms with Crippen molar-refractivity contribution in [2.45, 2.75) is 13.0 Å². The molecule has 0 spiro atoms. The Morgan fingerprint density at radius 2 is 2.08 bits per heavy atom. The van der Waals surface area contributed by atoms with E-state index in [4.69, 9.17) is 0 Å². The van der Waals surface area contributed by atoms with Gasteiger partial charge in [-0.3, -0.25) is 4.79 Å². The zero-order chi connectivity index (χ0) is 9.78. The van der Waals surface area contributed by atoms with E-state index in [0.717, 1.165) is 0 Å². The lowest BCUT2D eigenvalue weighted by Crippen LogP contribution is -2.43. The van der Waals surface area contributed by atoms with Crippen LogP contribution in [0.2, 0.25) is 0 Å². The van der Waals surface area contributed by atoms with Gasteiger partial charge in [0.2, 0.25) is 15.9 Å². The molecule has 1 atom stereocenters. The monoisotopic (exact) mass is 258 g/mol. The highest BCUT2D eigenvalue weighted by Gasteiger charge is 2.17. The number of hydrogen-bond donors (Lipinski definition) is 2. The molecule has 0 aromatic carbocycles. The number of hydrogen-bond acceptors (Lipinski definition) is 3. The number of halogens is 1. The van der Waals surface area contributed by atoms with Gasteiger partial charge in [-0.1, -0.05) is 15.9 Å². The average molecular weight is 259 g/mol. The lowest BCUT2D eigenvalue weighted by Gasteiger charge is -2.10. The third kappa shape index (κ3) is 4.03. The Balaban J connectivity index is 4.19. The van der Waals surface area contributed by atoms with Crippen LogP contribution in [0.1, 0.15) is 6.92 Å². The summed E-state index contributed by atoms with van der Waals surface area (Å²) in [6.07, 6.45) is 0. The Labute approximate surface area is 80.1 Å². The van der Waals surface area contributed by atoms with Crippen LogP contribution in [-0.4, -0.2) is 32.1 Å². The topological polar surface area (TPSA) is 75.3 Å². The number of nitrogens with one attached hydrogen (secondary N) is 2. The summed E-state index contributed by atoms with van der Waals surface area (Å²) < 4.78 is 23.7. The summed E-state index contributed by atoms with van der Waals surface area (Å²) in [5, 5.41) is 2.33. The number of sulfonamides is 1. The predicted octanol–water partition coefficient (Wildman–Crippen LogP) is -0.607. The van der Waals surface area contributed by atoms with E-state index in [0.29, 0.717) is 0 Å². The molecule has 0 fully saturated rings. The average Bonchev–Trinajstić information content (AvgIpc) is 2.02. The molecule has 0 heterocycles. The molecule has 0 aromatic rings.